The van der Waals surface area contributed by atoms with Crippen LogP contribution in [0.15, 0.2) is 66.2 Å². The quantitative estimate of drug-likeness (QED) is 0.340. The van der Waals surface area contributed by atoms with Gasteiger partial charge < -0.3 is 9.30 Å². The molecule has 158 valence electrons. The van der Waals surface area contributed by atoms with Crippen LogP contribution in [0, 0.1) is 11.3 Å². The van der Waals surface area contributed by atoms with Crippen LogP contribution in [0.3, 0.4) is 0 Å². The smallest absolute Gasteiger partial charge is 0.127 e. The Kier molecular flexibility index (Phi) is 5.20. The minimum absolute atomic E-state index is 0.458. The first-order valence-electron chi connectivity index (χ1n) is 10.7. The van der Waals surface area contributed by atoms with Crippen LogP contribution in [-0.4, -0.2) is 9.55 Å². The van der Waals surface area contributed by atoms with E-state index in [4.69, 9.17) is 21.3 Å². The molecule has 5 rings (SSSR count). The fraction of sp³-hybridized carbons (Fsp3) is 0.185. The van der Waals surface area contributed by atoms with E-state index in [1.54, 1.807) is 0 Å². The van der Waals surface area contributed by atoms with Crippen molar-refractivity contribution in [2.75, 3.05) is 0 Å². The van der Waals surface area contributed by atoms with Crippen LogP contribution in [0.4, 0.5) is 0 Å². The highest BCUT2D eigenvalue weighted by atomic mass is 35.5. The Balaban J connectivity index is 1.61. The number of nitrogens with zero attached hydrogens (tertiary/aromatic N) is 3. The number of rotatable bonds is 3. The lowest BCUT2D eigenvalue weighted by molar-refractivity contribution is 0.307. The standard InChI is InChI=1S/C27H22ClN3O/c1-3-25-30-27-22(28)8-6-9-23(27)31(25)15-18-11-12-20-19(13-18)16-32-24-10-5-4-7-21(24)26(20)17(2)14-29/h4-13H,3,15-16H2,1-2H3/b26-17-. The summed E-state index contributed by atoms with van der Waals surface area (Å²) in [5, 5.41) is 10.3. The van der Waals surface area contributed by atoms with E-state index in [0.29, 0.717) is 23.7 Å². The molecule has 1 aromatic heterocycles. The van der Waals surface area contributed by atoms with Crippen LogP contribution in [0.1, 0.15) is 41.9 Å². The Bertz CT molecular complexity index is 1420. The van der Waals surface area contributed by atoms with Gasteiger partial charge in [-0.15, -0.1) is 0 Å². The minimum atomic E-state index is 0.458. The van der Waals surface area contributed by atoms with Gasteiger partial charge >= 0.3 is 0 Å². The first-order valence-corrected chi connectivity index (χ1v) is 11.1. The van der Waals surface area contributed by atoms with Crippen molar-refractivity contribution in [3.05, 3.63) is 99.3 Å². The van der Waals surface area contributed by atoms with Gasteiger partial charge in [-0.3, -0.25) is 0 Å². The van der Waals surface area contributed by atoms with Crippen molar-refractivity contribution >= 4 is 28.2 Å². The number of benzene rings is 3. The van der Waals surface area contributed by atoms with Gasteiger partial charge in [0.1, 0.15) is 23.7 Å². The molecule has 0 aliphatic carbocycles. The van der Waals surface area contributed by atoms with E-state index in [1.165, 1.54) is 0 Å². The first-order chi connectivity index (χ1) is 15.6. The molecule has 0 fully saturated rings. The zero-order chi connectivity index (χ0) is 22.2. The second-order valence-electron chi connectivity index (χ2n) is 7.96. The lowest BCUT2D eigenvalue weighted by Gasteiger charge is -2.14. The second-order valence-corrected chi connectivity index (χ2v) is 8.37. The maximum absolute atomic E-state index is 9.67. The summed E-state index contributed by atoms with van der Waals surface area (Å²) in [6.07, 6.45) is 0.822. The Morgan fingerprint density at radius 3 is 2.78 bits per heavy atom. The molecule has 2 heterocycles. The Morgan fingerprint density at radius 1 is 1.12 bits per heavy atom. The number of nitriles is 1. The number of para-hydroxylation sites is 2. The van der Waals surface area contributed by atoms with Gasteiger partial charge in [-0.1, -0.05) is 54.9 Å². The molecule has 0 radical (unpaired) electrons. The predicted molar refractivity (Wildman–Crippen MR) is 128 cm³/mol. The average Bonchev–Trinajstić information content (AvgIpc) is 3.09. The van der Waals surface area contributed by atoms with Crippen molar-refractivity contribution in [3.8, 4) is 11.8 Å². The summed E-state index contributed by atoms with van der Waals surface area (Å²) < 4.78 is 8.37. The number of imidazole rings is 1. The van der Waals surface area contributed by atoms with Crippen molar-refractivity contribution in [2.45, 2.75) is 33.4 Å². The Labute approximate surface area is 192 Å². The highest BCUT2D eigenvalue weighted by Gasteiger charge is 2.22. The molecule has 0 amide bonds. The van der Waals surface area contributed by atoms with Gasteiger partial charge in [-0.25, -0.2) is 4.98 Å². The van der Waals surface area contributed by atoms with Gasteiger partial charge in [0.2, 0.25) is 0 Å². The third-order valence-electron chi connectivity index (χ3n) is 5.99. The van der Waals surface area contributed by atoms with Crippen LogP contribution in [0.2, 0.25) is 5.02 Å². The van der Waals surface area contributed by atoms with Crippen molar-refractivity contribution in [1.82, 2.24) is 9.55 Å². The van der Waals surface area contributed by atoms with Gasteiger partial charge in [0, 0.05) is 29.7 Å². The van der Waals surface area contributed by atoms with E-state index in [-0.39, 0.29) is 0 Å². The molecule has 4 nitrogen and oxygen atoms in total. The van der Waals surface area contributed by atoms with Crippen molar-refractivity contribution in [1.29, 1.82) is 5.26 Å². The summed E-state index contributed by atoms with van der Waals surface area (Å²) >= 11 is 6.40. The number of halogens is 1. The Morgan fingerprint density at radius 2 is 1.97 bits per heavy atom. The maximum atomic E-state index is 9.67. The molecule has 0 bridgehead atoms. The fourth-order valence-electron chi connectivity index (χ4n) is 4.46. The van der Waals surface area contributed by atoms with Gasteiger partial charge in [-0.05, 0) is 47.9 Å². The highest BCUT2D eigenvalue weighted by molar-refractivity contribution is 6.34. The van der Waals surface area contributed by atoms with Gasteiger partial charge in [0.15, 0.2) is 0 Å². The predicted octanol–water partition coefficient (Wildman–Crippen LogP) is 6.54. The number of hydrogen-bond donors (Lipinski definition) is 0. The molecule has 0 N–H and O–H groups in total. The molecule has 0 saturated carbocycles. The SMILES string of the molecule is CCc1nc2c(Cl)cccc2n1Cc1ccc2c(c1)COc1ccccc1/C2=C(/C)C#N. The van der Waals surface area contributed by atoms with Crippen LogP contribution in [0.5, 0.6) is 5.75 Å². The third-order valence-corrected chi connectivity index (χ3v) is 6.29. The van der Waals surface area contributed by atoms with Gasteiger partial charge in [-0.2, -0.15) is 5.26 Å². The number of hydrogen-bond acceptors (Lipinski definition) is 3. The monoisotopic (exact) mass is 439 g/mol. The number of aryl methyl sites for hydroxylation is 1. The van der Waals surface area contributed by atoms with Crippen LogP contribution in [-0.2, 0) is 19.6 Å². The molecule has 5 heteroatoms. The summed E-state index contributed by atoms with van der Waals surface area (Å²) in [5.41, 5.74) is 7.73. The van der Waals surface area contributed by atoms with Crippen molar-refractivity contribution < 1.29 is 4.74 Å². The number of aromatic nitrogens is 2. The average molecular weight is 440 g/mol. The van der Waals surface area contributed by atoms with E-state index >= 15 is 0 Å². The molecular weight excluding hydrogens is 418 g/mol. The van der Waals surface area contributed by atoms with Crippen molar-refractivity contribution in [3.63, 3.8) is 0 Å². The topological polar surface area (TPSA) is 50.8 Å². The molecule has 1 aliphatic rings. The second kappa shape index (κ2) is 8.18. The number of ether oxygens (including phenoxy) is 1. The number of allylic oxidation sites excluding steroid dienone is 1. The van der Waals surface area contributed by atoms with E-state index in [1.807, 2.05) is 43.3 Å². The normalized spacial score (nSPS) is 14.2. The molecule has 32 heavy (non-hydrogen) atoms. The van der Waals surface area contributed by atoms with Crippen LogP contribution in [0.25, 0.3) is 16.6 Å². The largest absolute Gasteiger partial charge is 0.488 e. The molecule has 3 aromatic carbocycles. The number of fused-ring (bicyclic) bond motifs is 3. The molecule has 0 unspecified atom stereocenters. The van der Waals surface area contributed by atoms with Crippen LogP contribution >= 0.6 is 11.6 Å². The van der Waals surface area contributed by atoms with E-state index < -0.39 is 0 Å². The lowest BCUT2D eigenvalue weighted by Crippen LogP contribution is -2.06. The zero-order valence-electron chi connectivity index (χ0n) is 18.0. The van der Waals surface area contributed by atoms with Crippen LogP contribution < -0.4 is 4.74 Å². The molecule has 0 spiro atoms. The molecule has 1 aliphatic heterocycles. The van der Waals surface area contributed by atoms with E-state index in [0.717, 1.165) is 56.9 Å². The fourth-order valence-corrected chi connectivity index (χ4v) is 4.67. The lowest BCUT2D eigenvalue weighted by atomic mass is 9.90. The Hall–Kier alpha value is -3.55. The van der Waals surface area contributed by atoms with Crippen molar-refractivity contribution in [2.24, 2.45) is 0 Å². The molecule has 4 aromatic rings. The summed E-state index contributed by atoms with van der Waals surface area (Å²) in [7, 11) is 0. The van der Waals surface area contributed by atoms with E-state index in [9.17, 15) is 5.26 Å². The highest BCUT2D eigenvalue weighted by Crippen LogP contribution is 2.39. The summed E-state index contributed by atoms with van der Waals surface area (Å²) in [5.74, 6) is 1.81. The minimum Gasteiger partial charge on any atom is -0.488 e. The summed E-state index contributed by atoms with van der Waals surface area (Å²) in [6, 6.07) is 22.6. The first kappa shape index (κ1) is 20.4. The van der Waals surface area contributed by atoms with E-state index in [2.05, 4.69) is 41.8 Å². The van der Waals surface area contributed by atoms with Gasteiger partial charge in [0.05, 0.1) is 16.6 Å². The summed E-state index contributed by atoms with van der Waals surface area (Å²) in [6.45, 7) is 5.12. The zero-order valence-corrected chi connectivity index (χ0v) is 18.8. The molecular formula is C27H22ClN3O. The van der Waals surface area contributed by atoms with Gasteiger partial charge in [0.25, 0.3) is 0 Å². The molecule has 0 atom stereocenters. The molecule has 0 saturated heterocycles. The third kappa shape index (κ3) is 3.36. The summed E-state index contributed by atoms with van der Waals surface area (Å²) in [4.78, 5) is 4.77. The maximum Gasteiger partial charge on any atom is 0.127 e.